The predicted molar refractivity (Wildman–Crippen MR) is 119 cm³/mol. The van der Waals surface area contributed by atoms with Crippen LogP contribution in [-0.2, 0) is 12.8 Å². The minimum absolute atomic E-state index is 0.175. The molecule has 4 aromatic rings. The molecule has 0 unspecified atom stereocenters. The predicted octanol–water partition coefficient (Wildman–Crippen LogP) is 2.67. The number of aromatic amines is 1. The maximum Gasteiger partial charge on any atom is 0.316 e. The molecule has 0 bridgehead atoms. The van der Waals surface area contributed by atoms with Crippen LogP contribution in [0.5, 0.6) is 23.5 Å². The van der Waals surface area contributed by atoms with Crippen LogP contribution < -0.4 is 19.8 Å². The van der Waals surface area contributed by atoms with Gasteiger partial charge < -0.3 is 14.2 Å². The highest BCUT2D eigenvalue weighted by Crippen LogP contribution is 2.20. The first-order chi connectivity index (χ1) is 16.1. The van der Waals surface area contributed by atoms with Crippen molar-refractivity contribution >= 4 is 0 Å². The zero-order valence-corrected chi connectivity index (χ0v) is 18.2. The van der Waals surface area contributed by atoms with Crippen molar-refractivity contribution in [2.75, 3.05) is 13.7 Å². The van der Waals surface area contributed by atoms with Crippen molar-refractivity contribution in [2.24, 2.45) is 0 Å². The topological polar surface area (TPSA) is 125 Å². The highest BCUT2D eigenvalue weighted by Gasteiger charge is 2.07. The second kappa shape index (κ2) is 10.3. The average molecular weight is 446 g/mol. The summed E-state index contributed by atoms with van der Waals surface area (Å²) in [6.45, 7) is 2.18. The van der Waals surface area contributed by atoms with Gasteiger partial charge in [0.15, 0.2) is 5.75 Å². The van der Waals surface area contributed by atoms with E-state index in [9.17, 15) is 4.79 Å². The summed E-state index contributed by atoms with van der Waals surface area (Å²) in [5, 5.41) is 0. The first-order valence-electron chi connectivity index (χ1n) is 10.2. The summed E-state index contributed by atoms with van der Waals surface area (Å²) in [4.78, 5) is 35.5. The molecule has 0 aliphatic heterocycles. The van der Waals surface area contributed by atoms with Crippen LogP contribution in [0.2, 0.25) is 0 Å². The van der Waals surface area contributed by atoms with Crippen molar-refractivity contribution in [3.63, 3.8) is 0 Å². The van der Waals surface area contributed by atoms with Crippen LogP contribution in [0.25, 0.3) is 0 Å². The second-order valence-electron chi connectivity index (χ2n) is 7.11. The lowest BCUT2D eigenvalue weighted by atomic mass is 10.1. The first kappa shape index (κ1) is 21.9. The smallest absolute Gasteiger partial charge is 0.316 e. The Balaban J connectivity index is 1.28. The fourth-order valence-corrected chi connectivity index (χ4v) is 2.92. The van der Waals surface area contributed by atoms with Crippen molar-refractivity contribution in [3.05, 3.63) is 88.1 Å². The Bertz CT molecular complexity index is 1240. The molecule has 0 aliphatic carbocycles. The van der Waals surface area contributed by atoms with Gasteiger partial charge in [0, 0.05) is 37.0 Å². The third-order valence-electron chi connectivity index (χ3n) is 4.65. The van der Waals surface area contributed by atoms with Gasteiger partial charge in [-0.15, -0.1) is 0 Å². The van der Waals surface area contributed by atoms with Crippen LogP contribution >= 0.6 is 0 Å². The van der Waals surface area contributed by atoms with Gasteiger partial charge in [0.2, 0.25) is 0 Å². The minimum atomic E-state index is -0.266. The number of aryl methyl sites for hydroxylation is 1. The van der Waals surface area contributed by atoms with E-state index < -0.39 is 0 Å². The van der Waals surface area contributed by atoms with Crippen LogP contribution in [-0.4, -0.2) is 43.6 Å². The molecule has 0 atom stereocenters. The molecule has 10 heteroatoms. The Morgan fingerprint density at radius 1 is 0.848 bits per heavy atom. The SMILES string of the molecule is COc1ncc(Cc2cnc(OCCc3ccc(Oc4cnc(C)nc4)cc3)[nH]c2=O)cn1. The molecule has 3 aromatic heterocycles. The van der Waals surface area contributed by atoms with E-state index in [0.29, 0.717) is 42.3 Å². The number of ether oxygens (including phenoxy) is 3. The molecule has 1 aromatic carbocycles. The lowest BCUT2D eigenvalue weighted by molar-refractivity contribution is 0.295. The third-order valence-corrected chi connectivity index (χ3v) is 4.65. The van der Waals surface area contributed by atoms with Crippen molar-refractivity contribution in [2.45, 2.75) is 19.8 Å². The van der Waals surface area contributed by atoms with Crippen molar-refractivity contribution < 1.29 is 14.2 Å². The summed E-state index contributed by atoms with van der Waals surface area (Å²) in [7, 11) is 1.49. The van der Waals surface area contributed by atoms with Crippen molar-refractivity contribution in [1.29, 1.82) is 0 Å². The Kier molecular flexibility index (Phi) is 6.84. The van der Waals surface area contributed by atoms with Gasteiger partial charge in [0.05, 0.1) is 26.1 Å². The quantitative estimate of drug-likeness (QED) is 0.413. The van der Waals surface area contributed by atoms with Crippen molar-refractivity contribution in [1.82, 2.24) is 29.9 Å². The fourth-order valence-electron chi connectivity index (χ4n) is 2.92. The lowest BCUT2D eigenvalue weighted by Gasteiger charge is -2.08. The molecule has 0 fully saturated rings. The molecule has 0 spiro atoms. The number of aromatic nitrogens is 6. The molecular formula is C23H22N6O4. The molecule has 0 aliphatic rings. The summed E-state index contributed by atoms with van der Waals surface area (Å²) in [6.07, 6.45) is 8.99. The average Bonchev–Trinajstić information content (AvgIpc) is 2.84. The molecule has 0 amide bonds. The maximum atomic E-state index is 12.3. The molecule has 0 radical (unpaired) electrons. The molecule has 4 rings (SSSR count). The van der Waals surface area contributed by atoms with Crippen LogP contribution in [0.4, 0.5) is 0 Å². The molecule has 0 saturated heterocycles. The van der Waals surface area contributed by atoms with E-state index in [1.807, 2.05) is 31.2 Å². The maximum absolute atomic E-state index is 12.3. The van der Waals surface area contributed by atoms with Gasteiger partial charge in [-0.05, 0) is 30.2 Å². The van der Waals surface area contributed by atoms with Gasteiger partial charge >= 0.3 is 6.01 Å². The van der Waals surface area contributed by atoms with E-state index in [-0.39, 0.29) is 17.6 Å². The summed E-state index contributed by atoms with van der Waals surface area (Å²) in [5.74, 6) is 1.96. The largest absolute Gasteiger partial charge is 0.467 e. The zero-order chi connectivity index (χ0) is 23.0. The minimum Gasteiger partial charge on any atom is -0.467 e. The van der Waals surface area contributed by atoms with E-state index in [1.165, 1.54) is 13.3 Å². The Hall–Kier alpha value is -4.34. The molecule has 10 nitrogen and oxygen atoms in total. The van der Waals surface area contributed by atoms with E-state index >= 15 is 0 Å². The molecule has 1 N–H and O–H groups in total. The number of benzene rings is 1. The Labute approximate surface area is 189 Å². The van der Waals surface area contributed by atoms with Gasteiger partial charge in [-0.1, -0.05) is 12.1 Å². The van der Waals surface area contributed by atoms with E-state index in [4.69, 9.17) is 14.2 Å². The third kappa shape index (κ3) is 6.10. The number of rotatable bonds is 9. The number of nitrogens with one attached hydrogen (secondary N) is 1. The van der Waals surface area contributed by atoms with Crippen LogP contribution in [0.1, 0.15) is 22.5 Å². The Morgan fingerprint density at radius 2 is 1.58 bits per heavy atom. The number of methoxy groups -OCH3 is 1. The second-order valence-corrected chi connectivity index (χ2v) is 7.11. The monoisotopic (exact) mass is 446 g/mol. The number of hydrogen-bond donors (Lipinski definition) is 1. The normalized spacial score (nSPS) is 10.6. The van der Waals surface area contributed by atoms with Gasteiger partial charge in [0.1, 0.15) is 11.6 Å². The summed E-state index contributed by atoms with van der Waals surface area (Å²) >= 11 is 0. The Morgan fingerprint density at radius 3 is 2.24 bits per heavy atom. The summed E-state index contributed by atoms with van der Waals surface area (Å²) < 4.78 is 16.3. The number of nitrogens with zero attached hydrogens (tertiary/aromatic N) is 5. The molecule has 33 heavy (non-hydrogen) atoms. The molecule has 0 saturated carbocycles. The molecule has 3 heterocycles. The van der Waals surface area contributed by atoms with E-state index in [0.717, 1.165) is 11.1 Å². The van der Waals surface area contributed by atoms with Crippen LogP contribution in [0.3, 0.4) is 0 Å². The highest BCUT2D eigenvalue weighted by molar-refractivity contribution is 5.31. The lowest BCUT2D eigenvalue weighted by Crippen LogP contribution is -2.16. The number of H-pyrrole nitrogens is 1. The van der Waals surface area contributed by atoms with Gasteiger partial charge in [-0.25, -0.2) is 24.9 Å². The highest BCUT2D eigenvalue weighted by atomic mass is 16.5. The van der Waals surface area contributed by atoms with Crippen molar-refractivity contribution in [3.8, 4) is 23.5 Å². The standard InChI is InChI=1S/C23H22N6O4/c1-15-24-13-20(14-25-15)33-19-5-3-16(4-6-19)7-8-32-23-28-12-18(21(30)29-23)9-17-10-26-22(31-2)27-11-17/h3-6,10-14H,7-9H2,1-2H3,(H,28,29,30). The number of hydrogen-bond acceptors (Lipinski definition) is 9. The first-order valence-corrected chi connectivity index (χ1v) is 10.2. The summed E-state index contributed by atoms with van der Waals surface area (Å²) in [5.41, 5.74) is 2.06. The molecule has 168 valence electrons. The van der Waals surface area contributed by atoms with E-state index in [1.54, 1.807) is 24.8 Å². The van der Waals surface area contributed by atoms with Gasteiger partial charge in [-0.2, -0.15) is 0 Å². The molecular weight excluding hydrogens is 424 g/mol. The van der Waals surface area contributed by atoms with Crippen LogP contribution in [0.15, 0.2) is 60.0 Å². The zero-order valence-electron chi connectivity index (χ0n) is 18.2. The van der Waals surface area contributed by atoms with Crippen LogP contribution in [0, 0.1) is 6.92 Å². The summed E-state index contributed by atoms with van der Waals surface area (Å²) in [6, 6.07) is 8.08. The van der Waals surface area contributed by atoms with Gasteiger partial charge in [0.25, 0.3) is 11.6 Å². The van der Waals surface area contributed by atoms with E-state index in [2.05, 4.69) is 29.9 Å². The fraction of sp³-hybridized carbons (Fsp3) is 0.217. The van der Waals surface area contributed by atoms with Gasteiger partial charge in [-0.3, -0.25) is 9.78 Å².